The second kappa shape index (κ2) is 6.47. The van der Waals surface area contributed by atoms with Crippen LogP contribution in [0.1, 0.15) is 25.5 Å². The van der Waals surface area contributed by atoms with Crippen LogP contribution in [0.2, 0.25) is 0 Å². The summed E-state index contributed by atoms with van der Waals surface area (Å²) >= 11 is 0. The van der Waals surface area contributed by atoms with Gasteiger partial charge in [0, 0.05) is 12.6 Å². The van der Waals surface area contributed by atoms with Gasteiger partial charge < -0.3 is 14.2 Å². The molecule has 8 heteroatoms. The van der Waals surface area contributed by atoms with Crippen molar-refractivity contribution in [3.63, 3.8) is 0 Å². The number of nitrogens with zero attached hydrogens (tertiary/aromatic N) is 1. The summed E-state index contributed by atoms with van der Waals surface area (Å²) in [4.78, 5) is 0.139. The lowest BCUT2D eigenvalue weighted by Crippen LogP contribution is -2.56. The minimum atomic E-state index is -3.80. The number of hydrogen-bond acceptors (Lipinski definition) is 5. The molecule has 2 aliphatic rings. The first-order chi connectivity index (χ1) is 12.8. The van der Waals surface area contributed by atoms with Gasteiger partial charge in [0.2, 0.25) is 16.8 Å². The van der Waals surface area contributed by atoms with E-state index in [2.05, 4.69) is 0 Å². The first-order valence-corrected chi connectivity index (χ1v) is 10.0. The molecule has 2 aromatic carbocycles. The molecule has 0 aromatic heterocycles. The minimum Gasteiger partial charge on any atom is -0.454 e. The van der Waals surface area contributed by atoms with Crippen LogP contribution in [0.4, 0.5) is 4.39 Å². The van der Waals surface area contributed by atoms with E-state index in [9.17, 15) is 12.8 Å². The summed E-state index contributed by atoms with van der Waals surface area (Å²) in [5, 5.41) is 0. The topological polar surface area (TPSA) is 65.1 Å². The molecular weight excluding hydrogens is 373 g/mol. The van der Waals surface area contributed by atoms with Crippen LogP contribution in [0, 0.1) is 5.82 Å². The monoisotopic (exact) mass is 393 g/mol. The lowest BCUT2D eigenvalue weighted by Gasteiger charge is -2.44. The average molecular weight is 393 g/mol. The average Bonchev–Trinajstić information content (AvgIpc) is 3.10. The zero-order chi connectivity index (χ0) is 19.2. The number of rotatable bonds is 3. The second-order valence-electron chi connectivity index (χ2n) is 7.21. The number of benzene rings is 2. The van der Waals surface area contributed by atoms with Gasteiger partial charge in [-0.3, -0.25) is 0 Å². The Hall–Kier alpha value is -2.16. The lowest BCUT2D eigenvalue weighted by atomic mass is 10.0. The maximum Gasteiger partial charge on any atom is 0.243 e. The van der Waals surface area contributed by atoms with Gasteiger partial charge in [0.05, 0.1) is 23.1 Å². The van der Waals surface area contributed by atoms with Crippen molar-refractivity contribution >= 4 is 10.0 Å². The zero-order valence-electron chi connectivity index (χ0n) is 15.0. The number of hydrogen-bond donors (Lipinski definition) is 0. The SMILES string of the molecule is CC1(C)COC(c2ccc(F)cc2)CN1S(=O)(=O)c1ccc2c(c1)OCO2. The molecule has 4 rings (SSSR count). The van der Waals surface area contributed by atoms with Crippen molar-refractivity contribution in [3.05, 3.63) is 53.8 Å². The van der Waals surface area contributed by atoms with Gasteiger partial charge in [-0.15, -0.1) is 0 Å². The third kappa shape index (κ3) is 3.28. The Morgan fingerprint density at radius 2 is 1.78 bits per heavy atom. The van der Waals surface area contributed by atoms with Crippen LogP contribution in [-0.2, 0) is 14.8 Å². The minimum absolute atomic E-state index is 0.0779. The van der Waals surface area contributed by atoms with Gasteiger partial charge in [0.15, 0.2) is 11.5 Å². The van der Waals surface area contributed by atoms with E-state index in [-0.39, 0.29) is 30.7 Å². The Bertz CT molecular complexity index is 959. The predicted octanol–water partition coefficient (Wildman–Crippen LogP) is 3.10. The summed E-state index contributed by atoms with van der Waals surface area (Å²) in [5.41, 5.74) is 0.00364. The van der Waals surface area contributed by atoms with Gasteiger partial charge in [-0.1, -0.05) is 12.1 Å². The van der Waals surface area contributed by atoms with Gasteiger partial charge >= 0.3 is 0 Å². The Kier molecular flexibility index (Phi) is 4.37. The fourth-order valence-electron chi connectivity index (χ4n) is 3.29. The van der Waals surface area contributed by atoms with E-state index in [0.29, 0.717) is 11.5 Å². The Labute approximate surface area is 157 Å². The van der Waals surface area contributed by atoms with Gasteiger partial charge in [-0.25, -0.2) is 12.8 Å². The van der Waals surface area contributed by atoms with Crippen LogP contribution in [-0.4, -0.2) is 38.2 Å². The summed E-state index contributed by atoms with van der Waals surface area (Å²) in [6.07, 6.45) is -0.470. The Balaban J connectivity index is 1.67. The van der Waals surface area contributed by atoms with Gasteiger partial charge in [-0.05, 0) is 43.7 Å². The molecule has 2 aliphatic heterocycles. The highest BCUT2D eigenvalue weighted by atomic mass is 32.2. The summed E-state index contributed by atoms with van der Waals surface area (Å²) in [6, 6.07) is 10.5. The molecule has 0 saturated carbocycles. The van der Waals surface area contributed by atoms with E-state index in [1.165, 1.54) is 28.6 Å². The normalized spacial score (nSPS) is 22.0. The lowest BCUT2D eigenvalue weighted by molar-refractivity contribution is -0.0655. The summed E-state index contributed by atoms with van der Waals surface area (Å²) < 4.78 is 57.8. The molecule has 6 nitrogen and oxygen atoms in total. The fourth-order valence-corrected chi connectivity index (χ4v) is 5.08. The van der Waals surface area contributed by atoms with E-state index in [1.807, 2.05) is 13.8 Å². The maximum absolute atomic E-state index is 13.3. The number of halogens is 1. The molecule has 2 heterocycles. The molecule has 0 aliphatic carbocycles. The van der Waals surface area contributed by atoms with Crippen molar-refractivity contribution in [2.75, 3.05) is 19.9 Å². The second-order valence-corrected chi connectivity index (χ2v) is 9.08. The van der Waals surface area contributed by atoms with E-state index in [4.69, 9.17) is 14.2 Å². The predicted molar refractivity (Wildman–Crippen MR) is 95.6 cm³/mol. The standard InChI is InChI=1S/C19H20FNO5S/c1-19(2)11-24-18(13-3-5-14(20)6-4-13)10-21(19)27(22,23)15-7-8-16-17(9-15)26-12-25-16/h3-9,18H,10-12H2,1-2H3. The van der Waals surface area contributed by atoms with Crippen LogP contribution in [0.25, 0.3) is 0 Å². The van der Waals surface area contributed by atoms with Crippen LogP contribution >= 0.6 is 0 Å². The molecule has 144 valence electrons. The molecule has 1 saturated heterocycles. The van der Waals surface area contributed by atoms with E-state index in [1.54, 1.807) is 18.2 Å². The van der Waals surface area contributed by atoms with Crippen molar-refractivity contribution in [2.24, 2.45) is 0 Å². The van der Waals surface area contributed by atoms with E-state index in [0.717, 1.165) is 5.56 Å². The van der Waals surface area contributed by atoms with Crippen molar-refractivity contribution in [2.45, 2.75) is 30.4 Å². The third-order valence-corrected chi connectivity index (χ3v) is 6.89. The molecule has 1 atom stereocenters. The molecule has 27 heavy (non-hydrogen) atoms. The van der Waals surface area contributed by atoms with Crippen LogP contribution < -0.4 is 9.47 Å². The smallest absolute Gasteiger partial charge is 0.243 e. The van der Waals surface area contributed by atoms with E-state index >= 15 is 0 Å². The van der Waals surface area contributed by atoms with Crippen LogP contribution in [0.3, 0.4) is 0 Å². The molecule has 0 N–H and O–H groups in total. The molecule has 0 spiro atoms. The highest BCUT2D eigenvalue weighted by molar-refractivity contribution is 7.89. The number of fused-ring (bicyclic) bond motifs is 1. The third-order valence-electron chi connectivity index (χ3n) is 4.82. The van der Waals surface area contributed by atoms with E-state index < -0.39 is 21.7 Å². The molecule has 0 bridgehead atoms. The first kappa shape index (κ1) is 18.2. The van der Waals surface area contributed by atoms with Crippen molar-refractivity contribution in [3.8, 4) is 11.5 Å². The Morgan fingerprint density at radius 1 is 1.07 bits per heavy atom. The molecule has 0 amide bonds. The van der Waals surface area contributed by atoms with Crippen molar-refractivity contribution < 1.29 is 27.0 Å². The zero-order valence-corrected chi connectivity index (χ0v) is 15.8. The van der Waals surface area contributed by atoms with Gasteiger partial charge in [-0.2, -0.15) is 4.31 Å². The number of morpholine rings is 1. The Morgan fingerprint density at radius 3 is 2.52 bits per heavy atom. The quantitative estimate of drug-likeness (QED) is 0.802. The highest BCUT2D eigenvalue weighted by Gasteiger charge is 2.43. The van der Waals surface area contributed by atoms with Gasteiger partial charge in [0.1, 0.15) is 5.82 Å². The highest BCUT2D eigenvalue weighted by Crippen LogP contribution is 2.38. The maximum atomic E-state index is 13.3. The van der Waals surface area contributed by atoms with Gasteiger partial charge in [0.25, 0.3) is 0 Å². The fraction of sp³-hybridized carbons (Fsp3) is 0.368. The molecule has 0 radical (unpaired) electrons. The number of ether oxygens (including phenoxy) is 3. The molecule has 1 fully saturated rings. The number of sulfonamides is 1. The summed E-state index contributed by atoms with van der Waals surface area (Å²) in [6.45, 7) is 4.07. The summed E-state index contributed by atoms with van der Waals surface area (Å²) in [7, 11) is -3.80. The van der Waals surface area contributed by atoms with Crippen LogP contribution in [0.5, 0.6) is 11.5 Å². The van der Waals surface area contributed by atoms with Crippen LogP contribution in [0.15, 0.2) is 47.4 Å². The largest absolute Gasteiger partial charge is 0.454 e. The van der Waals surface area contributed by atoms with Crippen molar-refractivity contribution in [1.82, 2.24) is 4.31 Å². The van der Waals surface area contributed by atoms with Crippen molar-refractivity contribution in [1.29, 1.82) is 0 Å². The molecular formula is C19H20FNO5S. The first-order valence-electron chi connectivity index (χ1n) is 8.57. The molecule has 2 aromatic rings. The molecule has 1 unspecified atom stereocenters. The summed E-state index contributed by atoms with van der Waals surface area (Å²) in [5.74, 6) is 0.594.